The molecule has 0 aromatic carbocycles. The highest BCUT2D eigenvalue weighted by Crippen LogP contribution is 2.67. The van der Waals surface area contributed by atoms with Crippen molar-refractivity contribution >= 4 is 22.3 Å². The maximum Gasteiger partial charge on any atom is 0.397 e. The number of fused-ring (bicyclic) bond motifs is 5. The van der Waals surface area contributed by atoms with Gasteiger partial charge in [0.05, 0.1) is 12.2 Å². The average molecular weight is 531 g/mol. The molecule has 3 saturated carbocycles. The molecular formula is C26H41NO8S. The summed E-state index contributed by atoms with van der Waals surface area (Å²) in [4.78, 5) is 22.8. The lowest BCUT2D eigenvalue weighted by atomic mass is 9.46. The van der Waals surface area contributed by atoms with Crippen molar-refractivity contribution in [3.8, 4) is 0 Å². The van der Waals surface area contributed by atoms with Gasteiger partial charge in [0.2, 0.25) is 5.91 Å². The van der Waals surface area contributed by atoms with Gasteiger partial charge in [-0.25, -0.2) is 4.18 Å². The second-order valence-corrected chi connectivity index (χ2v) is 13.2. The molecule has 0 radical (unpaired) electrons. The summed E-state index contributed by atoms with van der Waals surface area (Å²) in [7, 11) is -4.51. The maximum atomic E-state index is 12.1. The van der Waals surface area contributed by atoms with Gasteiger partial charge >= 0.3 is 16.4 Å². The molecule has 0 saturated heterocycles. The summed E-state index contributed by atoms with van der Waals surface area (Å²) in [6, 6.07) is 0. The number of hydrogen-bond donors (Lipinski definition) is 4. The molecule has 0 unspecified atom stereocenters. The topological polar surface area (TPSA) is 150 Å². The monoisotopic (exact) mass is 530 g/mol. The highest BCUT2D eigenvalue weighted by atomic mass is 32.3. The van der Waals surface area contributed by atoms with Crippen LogP contribution in [0.5, 0.6) is 0 Å². The number of carbonyl (C=O) groups excluding carboxylic acids is 1. The summed E-state index contributed by atoms with van der Waals surface area (Å²) < 4.78 is 36.5. The van der Waals surface area contributed by atoms with Gasteiger partial charge in [-0.1, -0.05) is 32.4 Å². The molecule has 9 nitrogen and oxygen atoms in total. The van der Waals surface area contributed by atoms with Crippen molar-refractivity contribution in [3.05, 3.63) is 11.6 Å². The van der Waals surface area contributed by atoms with Gasteiger partial charge in [0.1, 0.15) is 6.54 Å². The standard InChI is InChI=1S/C26H41NO8S/c1-15(4-7-22(29)27-14-23(30)31)18-5-6-19-24-20(9-11-26(18,19)3)25(2)10-8-17(35-36(32,33)34)12-16(25)13-21(24)28/h13,15,17-21,24,28H,4-12,14H2,1-3H3,(H,27,29)(H,30,31)(H,32,33,34)/t15-,17+,18-,19+,20+,21-,24+,25+,26-/m1/s1/i14+1,23+1,27+1. The number of hydrogen-bond acceptors (Lipinski definition) is 6. The Balaban J connectivity index is 1.46. The number of rotatable bonds is 8. The summed E-state index contributed by atoms with van der Waals surface area (Å²) in [6.45, 7) is 6.45. The van der Waals surface area contributed by atoms with Crippen molar-refractivity contribution in [1.82, 2.24) is 5.32 Å². The predicted molar refractivity (Wildman–Crippen MR) is 132 cm³/mol. The van der Waals surface area contributed by atoms with Crippen molar-refractivity contribution in [3.63, 3.8) is 0 Å². The van der Waals surface area contributed by atoms with E-state index in [-0.39, 0.29) is 29.2 Å². The van der Waals surface area contributed by atoms with E-state index >= 15 is 0 Å². The number of aliphatic carboxylic acids is 1. The number of carbonyl (C=O) groups is 2. The molecule has 4 rings (SSSR count). The third kappa shape index (κ3) is 5.24. The van der Waals surface area contributed by atoms with E-state index in [4.69, 9.17) is 13.8 Å². The summed E-state index contributed by atoms with van der Waals surface area (Å²) in [5.74, 6) is 0.328. The first kappa shape index (κ1) is 27.5. The van der Waals surface area contributed by atoms with Crippen LogP contribution in [0.1, 0.15) is 78.6 Å². The summed E-state index contributed by atoms with van der Waals surface area (Å²) in [5.41, 5.74) is 1.01. The van der Waals surface area contributed by atoms with E-state index in [1.165, 1.54) is 0 Å². The molecule has 204 valence electrons. The van der Waals surface area contributed by atoms with Crippen LogP contribution in [0.4, 0.5) is 0 Å². The van der Waals surface area contributed by atoms with Crippen molar-refractivity contribution in [2.45, 2.75) is 90.8 Å². The fourth-order valence-electron chi connectivity index (χ4n) is 8.67. The minimum Gasteiger partial charge on any atom is -0.480 e. The van der Waals surface area contributed by atoms with E-state index in [1.807, 2.05) is 6.08 Å². The largest absolute Gasteiger partial charge is 0.480 e. The molecule has 0 aromatic heterocycles. The summed E-state index contributed by atoms with van der Waals surface area (Å²) in [5, 5.41) is 22.6. The van der Waals surface area contributed by atoms with Crippen molar-refractivity contribution in [2.24, 2.45) is 40.4 Å². The summed E-state index contributed by atoms with van der Waals surface area (Å²) in [6.07, 6.45) is 7.66. The third-order valence-corrected chi connectivity index (χ3v) is 10.9. The van der Waals surface area contributed by atoms with Gasteiger partial charge in [0.15, 0.2) is 0 Å². The van der Waals surface area contributed by atoms with Gasteiger partial charge in [-0.3, -0.25) is 14.1 Å². The van der Waals surface area contributed by atoms with Crippen LogP contribution in [0.2, 0.25) is 0 Å². The number of carboxylic acid groups (broad SMARTS) is 1. The molecule has 4 aliphatic carbocycles. The number of amides is 1. The Morgan fingerprint density at radius 1 is 1.17 bits per heavy atom. The van der Waals surface area contributed by atoms with Gasteiger partial charge < -0.3 is 15.5 Å². The minimum atomic E-state index is -4.51. The molecule has 36 heavy (non-hydrogen) atoms. The Labute approximate surface area is 214 Å². The molecule has 1 amide bonds. The second-order valence-electron chi connectivity index (χ2n) is 12.2. The van der Waals surface area contributed by atoms with Crippen LogP contribution in [0, 0.1) is 40.4 Å². The fourth-order valence-corrected chi connectivity index (χ4v) is 9.18. The van der Waals surface area contributed by atoms with E-state index in [0.29, 0.717) is 49.4 Å². The molecule has 0 spiro atoms. The average Bonchev–Trinajstić information content (AvgIpc) is 3.13. The van der Waals surface area contributed by atoms with Gasteiger partial charge in [0, 0.05) is 6.42 Å². The molecule has 9 atom stereocenters. The van der Waals surface area contributed by atoms with Gasteiger partial charge in [0.25, 0.3) is 0 Å². The molecule has 0 heterocycles. The van der Waals surface area contributed by atoms with Crippen LogP contribution in [0.25, 0.3) is 0 Å². The van der Waals surface area contributed by atoms with Crippen LogP contribution in [0.15, 0.2) is 11.6 Å². The third-order valence-electron chi connectivity index (χ3n) is 10.4. The fraction of sp³-hybridized carbons (Fsp3) is 0.846. The Morgan fingerprint density at radius 2 is 1.89 bits per heavy atom. The first-order valence-electron chi connectivity index (χ1n) is 13.3. The molecule has 0 aliphatic heterocycles. The van der Waals surface area contributed by atoms with Crippen LogP contribution in [-0.4, -0.2) is 53.8 Å². The van der Waals surface area contributed by atoms with Gasteiger partial charge in [-0.05, 0) is 91.8 Å². The number of nitrogens with one attached hydrogen (secondary N) is 1. The van der Waals surface area contributed by atoms with Crippen molar-refractivity contribution < 1.29 is 37.0 Å². The number of aliphatic hydroxyl groups excluding tert-OH is 1. The van der Waals surface area contributed by atoms with E-state index in [2.05, 4.69) is 26.1 Å². The molecule has 3 fully saturated rings. The van der Waals surface area contributed by atoms with Crippen molar-refractivity contribution in [2.75, 3.05) is 6.54 Å². The molecule has 0 bridgehead atoms. The van der Waals surface area contributed by atoms with E-state index in [1.54, 1.807) is 0 Å². The molecule has 0 aromatic rings. The van der Waals surface area contributed by atoms with Gasteiger partial charge in [-0.15, -0.1) is 0 Å². The second kappa shape index (κ2) is 10.0. The van der Waals surface area contributed by atoms with Crippen molar-refractivity contribution in [1.29, 1.82) is 0 Å². The van der Waals surface area contributed by atoms with Crippen LogP contribution >= 0.6 is 0 Å². The Bertz CT molecular complexity index is 1010. The number of carboxylic acids is 1. The zero-order valence-corrected chi connectivity index (χ0v) is 22.3. The lowest BCUT2D eigenvalue weighted by Crippen LogP contribution is -2.55. The zero-order chi connectivity index (χ0) is 26.5. The quantitative estimate of drug-likeness (QED) is 0.161. The zero-order valence-electron chi connectivity index (χ0n) is 21.5. The Hall–Kier alpha value is -1.49. The minimum absolute atomic E-state index is 0.0755. The van der Waals surface area contributed by atoms with Gasteiger partial charge in [-0.2, -0.15) is 8.42 Å². The number of aliphatic hydroxyl groups is 1. The highest BCUT2D eigenvalue weighted by molar-refractivity contribution is 7.80. The summed E-state index contributed by atoms with van der Waals surface area (Å²) >= 11 is 0. The molecule has 10 heteroatoms. The molecule has 4 N–H and O–H groups in total. The van der Waals surface area contributed by atoms with E-state index in [0.717, 1.165) is 37.7 Å². The molecular weight excluding hydrogens is 489 g/mol. The molecule has 4 aliphatic rings. The van der Waals surface area contributed by atoms with Crippen LogP contribution in [0.3, 0.4) is 0 Å². The first-order valence-corrected chi connectivity index (χ1v) is 14.6. The van der Waals surface area contributed by atoms with E-state index < -0.39 is 28.6 Å². The Kier molecular flexibility index (Phi) is 7.65. The SMILES string of the molecule is C[C@H](CCC(=O)[15NH][13CH2][13C](=O)O)[C@H]1CC[C@H]2[C@@H]3[C@H](O)C=C4C[C@@H](OS(=O)(=O)O)CC[C@]4(C)[C@H]3CC[C@]12C. The maximum absolute atomic E-state index is 12.1. The lowest BCUT2D eigenvalue weighted by Gasteiger charge is -2.59. The Morgan fingerprint density at radius 3 is 2.56 bits per heavy atom. The predicted octanol–water partition coefficient (Wildman–Crippen LogP) is 3.34. The lowest BCUT2D eigenvalue weighted by molar-refractivity contribution is -0.138. The smallest absolute Gasteiger partial charge is 0.397 e. The van der Waals surface area contributed by atoms with E-state index in [9.17, 15) is 23.1 Å². The van der Waals surface area contributed by atoms with Crippen LogP contribution in [-0.2, 0) is 24.2 Å². The highest BCUT2D eigenvalue weighted by Gasteiger charge is 2.61. The first-order chi connectivity index (χ1) is 16.7. The normalized spacial score (nSPS) is 40.9. The van der Waals surface area contributed by atoms with Crippen LogP contribution < -0.4 is 5.32 Å².